The number of furan rings is 1. The van der Waals surface area contributed by atoms with Crippen LogP contribution < -0.4 is 5.32 Å². The molecule has 1 aromatic heterocycles. The molecule has 1 saturated heterocycles. The Hall–Kier alpha value is -0.590. The summed E-state index contributed by atoms with van der Waals surface area (Å²) in [6, 6.07) is 3.95. The van der Waals surface area contributed by atoms with Crippen LogP contribution in [0.3, 0.4) is 0 Å². The van der Waals surface area contributed by atoms with Crippen molar-refractivity contribution in [3.63, 3.8) is 0 Å². The Morgan fingerprint density at radius 1 is 1.38 bits per heavy atom. The first-order chi connectivity index (χ1) is 7.74. The van der Waals surface area contributed by atoms with Crippen molar-refractivity contribution in [3.05, 3.63) is 23.7 Å². The van der Waals surface area contributed by atoms with Gasteiger partial charge in [0, 0.05) is 0 Å². The zero-order valence-corrected chi connectivity index (χ0v) is 9.43. The van der Waals surface area contributed by atoms with E-state index in [1.807, 2.05) is 6.07 Å². The first kappa shape index (κ1) is 11.9. The quantitative estimate of drug-likeness (QED) is 0.838. The normalized spacial score (nSPS) is 16.7. The van der Waals surface area contributed by atoms with Crippen LogP contribution in [0.1, 0.15) is 11.5 Å². The van der Waals surface area contributed by atoms with Gasteiger partial charge in [-0.25, -0.2) is 0 Å². The van der Waals surface area contributed by atoms with Gasteiger partial charge in [-0.15, -0.1) is 0 Å². The Balaban J connectivity index is 1.73. The molecule has 2 heterocycles. The number of thioether (sulfide) groups is 1. The summed E-state index contributed by atoms with van der Waals surface area (Å²) in [6.07, 6.45) is 0. The molecule has 1 aliphatic rings. The molecule has 6 heteroatoms. The smallest absolute Gasteiger partial charge is 0.284 e. The Morgan fingerprint density at radius 3 is 2.75 bits per heavy atom. The number of hydrogen-bond acceptors (Lipinski definition) is 4. The SMILES string of the molecule is FC(F)SCc1ccc(CNC2COC2)o1. The molecule has 1 fully saturated rings. The third kappa shape index (κ3) is 3.47. The Kier molecular flexibility index (Phi) is 4.20. The highest BCUT2D eigenvalue weighted by atomic mass is 32.2. The number of rotatable bonds is 6. The molecule has 1 N–H and O–H groups in total. The molecular formula is C10H13F2NO2S. The maximum Gasteiger partial charge on any atom is 0.284 e. The van der Waals surface area contributed by atoms with Crippen LogP contribution in [-0.2, 0) is 17.0 Å². The minimum Gasteiger partial charge on any atom is -0.464 e. The van der Waals surface area contributed by atoms with Gasteiger partial charge in [-0.2, -0.15) is 8.78 Å². The minimum atomic E-state index is -2.35. The van der Waals surface area contributed by atoms with Crippen molar-refractivity contribution in [2.75, 3.05) is 13.2 Å². The lowest BCUT2D eigenvalue weighted by molar-refractivity contribution is -0.00644. The van der Waals surface area contributed by atoms with Crippen molar-refractivity contribution in [2.45, 2.75) is 24.1 Å². The Bertz CT molecular complexity index is 328. The average Bonchev–Trinajstić information content (AvgIpc) is 2.60. The van der Waals surface area contributed by atoms with Gasteiger partial charge in [-0.1, -0.05) is 11.8 Å². The van der Waals surface area contributed by atoms with Crippen LogP contribution in [0.2, 0.25) is 0 Å². The van der Waals surface area contributed by atoms with E-state index in [1.54, 1.807) is 6.07 Å². The van der Waals surface area contributed by atoms with Crippen LogP contribution in [0.4, 0.5) is 8.78 Å². The van der Waals surface area contributed by atoms with Gasteiger partial charge in [0.15, 0.2) is 0 Å². The van der Waals surface area contributed by atoms with Gasteiger partial charge < -0.3 is 14.5 Å². The summed E-state index contributed by atoms with van der Waals surface area (Å²) in [7, 11) is 0. The van der Waals surface area contributed by atoms with Crippen LogP contribution in [0.5, 0.6) is 0 Å². The van der Waals surface area contributed by atoms with E-state index in [1.165, 1.54) is 0 Å². The van der Waals surface area contributed by atoms with Gasteiger partial charge >= 0.3 is 0 Å². The number of nitrogens with one attached hydrogen (secondary N) is 1. The molecule has 0 unspecified atom stereocenters. The monoisotopic (exact) mass is 249 g/mol. The fraction of sp³-hybridized carbons (Fsp3) is 0.600. The summed E-state index contributed by atoms with van der Waals surface area (Å²) in [5.74, 6) is -0.771. The van der Waals surface area contributed by atoms with Gasteiger partial charge in [0.1, 0.15) is 11.5 Å². The molecule has 0 aromatic carbocycles. The van der Waals surface area contributed by atoms with Crippen LogP contribution in [0.15, 0.2) is 16.5 Å². The molecule has 16 heavy (non-hydrogen) atoms. The first-order valence-electron chi connectivity index (χ1n) is 5.02. The number of hydrogen-bond donors (Lipinski definition) is 1. The number of ether oxygens (including phenoxy) is 1. The van der Waals surface area contributed by atoms with E-state index in [-0.39, 0.29) is 5.75 Å². The molecule has 3 nitrogen and oxygen atoms in total. The molecule has 0 bridgehead atoms. The van der Waals surface area contributed by atoms with E-state index in [0.29, 0.717) is 30.1 Å². The maximum atomic E-state index is 11.9. The molecule has 0 atom stereocenters. The lowest BCUT2D eigenvalue weighted by Gasteiger charge is -2.26. The average molecular weight is 249 g/mol. The third-order valence-electron chi connectivity index (χ3n) is 2.27. The Morgan fingerprint density at radius 2 is 2.12 bits per heavy atom. The lowest BCUT2D eigenvalue weighted by atomic mass is 10.2. The summed E-state index contributed by atoms with van der Waals surface area (Å²) in [5, 5.41) is 3.24. The molecule has 0 amide bonds. The second-order valence-electron chi connectivity index (χ2n) is 3.55. The Labute approximate surface area is 96.5 Å². The van der Waals surface area contributed by atoms with Gasteiger partial charge in [-0.3, -0.25) is 0 Å². The van der Waals surface area contributed by atoms with Crippen LogP contribution in [0.25, 0.3) is 0 Å². The fourth-order valence-corrected chi connectivity index (χ4v) is 1.78. The van der Waals surface area contributed by atoms with E-state index in [0.717, 1.165) is 19.0 Å². The molecule has 0 radical (unpaired) electrons. The number of halogens is 2. The van der Waals surface area contributed by atoms with E-state index in [4.69, 9.17) is 9.15 Å². The predicted molar refractivity (Wildman–Crippen MR) is 57.5 cm³/mol. The topological polar surface area (TPSA) is 34.4 Å². The molecule has 0 spiro atoms. The zero-order chi connectivity index (χ0) is 11.4. The molecule has 0 saturated carbocycles. The molecule has 2 rings (SSSR count). The molecule has 1 aliphatic heterocycles. The summed E-state index contributed by atoms with van der Waals surface area (Å²) in [5.41, 5.74) is 0. The molecule has 90 valence electrons. The zero-order valence-electron chi connectivity index (χ0n) is 8.62. The highest BCUT2D eigenvalue weighted by molar-refractivity contribution is 7.98. The molecule has 1 aromatic rings. The highest BCUT2D eigenvalue weighted by Gasteiger charge is 2.17. The first-order valence-corrected chi connectivity index (χ1v) is 6.07. The van der Waals surface area contributed by atoms with Crippen molar-refractivity contribution in [2.24, 2.45) is 0 Å². The van der Waals surface area contributed by atoms with E-state index in [9.17, 15) is 8.78 Å². The van der Waals surface area contributed by atoms with Gasteiger partial charge in [-0.05, 0) is 12.1 Å². The van der Waals surface area contributed by atoms with E-state index >= 15 is 0 Å². The highest BCUT2D eigenvalue weighted by Crippen LogP contribution is 2.21. The van der Waals surface area contributed by atoms with Crippen molar-refractivity contribution in [1.29, 1.82) is 0 Å². The van der Waals surface area contributed by atoms with Gasteiger partial charge in [0.2, 0.25) is 0 Å². The van der Waals surface area contributed by atoms with Crippen LogP contribution >= 0.6 is 11.8 Å². The predicted octanol–water partition coefficient (Wildman–Crippen LogP) is 2.22. The molecule has 0 aliphatic carbocycles. The third-order valence-corrected chi connectivity index (χ3v) is 2.98. The summed E-state index contributed by atoms with van der Waals surface area (Å²) >= 11 is 0.570. The minimum absolute atomic E-state index is 0.213. The van der Waals surface area contributed by atoms with Gasteiger partial charge in [0.05, 0.1) is 31.6 Å². The summed E-state index contributed by atoms with van der Waals surface area (Å²) < 4.78 is 34.3. The van der Waals surface area contributed by atoms with Crippen molar-refractivity contribution in [1.82, 2.24) is 5.32 Å². The van der Waals surface area contributed by atoms with Crippen molar-refractivity contribution < 1.29 is 17.9 Å². The second-order valence-corrected chi connectivity index (χ2v) is 4.53. The van der Waals surface area contributed by atoms with Crippen LogP contribution in [-0.4, -0.2) is 25.0 Å². The summed E-state index contributed by atoms with van der Waals surface area (Å²) in [4.78, 5) is 0. The fourth-order valence-electron chi connectivity index (χ4n) is 1.34. The van der Waals surface area contributed by atoms with E-state index in [2.05, 4.69) is 5.32 Å². The van der Waals surface area contributed by atoms with Crippen molar-refractivity contribution >= 4 is 11.8 Å². The van der Waals surface area contributed by atoms with Crippen molar-refractivity contribution in [3.8, 4) is 0 Å². The largest absolute Gasteiger partial charge is 0.464 e. The maximum absolute atomic E-state index is 11.9. The molecular weight excluding hydrogens is 236 g/mol. The standard InChI is InChI=1S/C10H13F2NO2S/c11-10(12)16-6-9-2-1-8(15-9)3-13-7-4-14-5-7/h1-2,7,10,13H,3-6H2. The number of alkyl halides is 2. The van der Waals surface area contributed by atoms with E-state index < -0.39 is 5.76 Å². The summed E-state index contributed by atoms with van der Waals surface area (Å²) in [6.45, 7) is 2.08. The second kappa shape index (κ2) is 5.65. The van der Waals surface area contributed by atoms with Gasteiger partial charge in [0.25, 0.3) is 5.76 Å². The lowest BCUT2D eigenvalue weighted by Crippen LogP contribution is -2.45. The van der Waals surface area contributed by atoms with Crippen LogP contribution in [0, 0.1) is 0 Å².